The number of halogens is 1. The van der Waals surface area contributed by atoms with Crippen LogP contribution in [0.4, 0.5) is 4.39 Å². The van der Waals surface area contributed by atoms with E-state index in [4.69, 9.17) is 5.73 Å². The minimum atomic E-state index is -3.52. The normalized spacial score (nSPS) is 20.1. The molecule has 0 spiro atoms. The molecule has 1 aliphatic heterocycles. The summed E-state index contributed by atoms with van der Waals surface area (Å²) in [4.78, 5) is 25.3. The number of sulfonamides is 1. The summed E-state index contributed by atoms with van der Waals surface area (Å²) in [6.45, 7) is -0.0451. The van der Waals surface area contributed by atoms with Crippen molar-refractivity contribution in [1.82, 2.24) is 9.21 Å². The number of rotatable bonds is 3. The number of amides is 2. The lowest BCUT2D eigenvalue weighted by atomic mass is 10.1. The Balaban J connectivity index is 2.28. The number of hydrogen-bond acceptors (Lipinski definition) is 4. The Morgan fingerprint density at radius 3 is 2.43 bits per heavy atom. The minimum Gasteiger partial charge on any atom is -0.369 e. The standard InChI is InChI=1S/C14H18FN3O4S/c1-23(21,22)18-7-6-17(8-10(9-18)13(16)19)14(20)11-4-2-3-5-12(11)15/h2-5,10H,6-9H2,1H3,(H2,16,19). The second-order valence-corrected chi connectivity index (χ2v) is 7.43. The fraction of sp³-hybridized carbons (Fsp3) is 0.429. The van der Waals surface area contributed by atoms with Gasteiger partial charge in [0, 0.05) is 26.2 Å². The van der Waals surface area contributed by atoms with E-state index < -0.39 is 33.6 Å². The van der Waals surface area contributed by atoms with E-state index in [2.05, 4.69) is 0 Å². The summed E-state index contributed by atoms with van der Waals surface area (Å²) in [5.41, 5.74) is 5.18. The number of nitrogens with two attached hydrogens (primary N) is 1. The van der Waals surface area contributed by atoms with Gasteiger partial charge < -0.3 is 10.6 Å². The summed E-state index contributed by atoms with van der Waals surface area (Å²) in [5, 5.41) is 0. The van der Waals surface area contributed by atoms with Gasteiger partial charge in [-0.1, -0.05) is 12.1 Å². The van der Waals surface area contributed by atoms with E-state index in [-0.39, 0.29) is 31.7 Å². The van der Waals surface area contributed by atoms with E-state index in [1.54, 1.807) is 0 Å². The molecule has 1 unspecified atom stereocenters. The predicted octanol–water partition coefficient (Wildman–Crippen LogP) is -0.355. The third-order valence-corrected chi connectivity index (χ3v) is 5.02. The van der Waals surface area contributed by atoms with Gasteiger partial charge in [-0.25, -0.2) is 12.8 Å². The molecule has 1 fully saturated rings. The zero-order valence-electron chi connectivity index (χ0n) is 12.6. The second-order valence-electron chi connectivity index (χ2n) is 5.45. The number of carbonyl (C=O) groups is 2. The van der Waals surface area contributed by atoms with Gasteiger partial charge in [-0.2, -0.15) is 4.31 Å². The van der Waals surface area contributed by atoms with Crippen LogP contribution in [0, 0.1) is 11.7 Å². The van der Waals surface area contributed by atoms with Crippen molar-refractivity contribution in [1.29, 1.82) is 0 Å². The van der Waals surface area contributed by atoms with Gasteiger partial charge in [0.2, 0.25) is 15.9 Å². The predicted molar refractivity (Wildman–Crippen MR) is 81.4 cm³/mol. The highest BCUT2D eigenvalue weighted by Gasteiger charge is 2.33. The molecular weight excluding hydrogens is 325 g/mol. The zero-order valence-corrected chi connectivity index (χ0v) is 13.4. The SMILES string of the molecule is CS(=O)(=O)N1CCN(C(=O)c2ccccc2F)CC(C(N)=O)C1. The Bertz CT molecular complexity index is 722. The maximum absolute atomic E-state index is 13.8. The fourth-order valence-electron chi connectivity index (χ4n) is 2.46. The quantitative estimate of drug-likeness (QED) is 0.810. The maximum Gasteiger partial charge on any atom is 0.256 e. The average Bonchev–Trinajstić information content (AvgIpc) is 2.70. The fourth-order valence-corrected chi connectivity index (χ4v) is 3.32. The van der Waals surface area contributed by atoms with Crippen molar-refractivity contribution in [3.8, 4) is 0 Å². The molecule has 23 heavy (non-hydrogen) atoms. The molecule has 0 saturated carbocycles. The molecule has 0 aromatic heterocycles. The third-order valence-electron chi connectivity index (χ3n) is 3.75. The van der Waals surface area contributed by atoms with Crippen LogP contribution in [0.25, 0.3) is 0 Å². The van der Waals surface area contributed by atoms with Crippen LogP contribution >= 0.6 is 0 Å². The molecule has 1 aliphatic rings. The van der Waals surface area contributed by atoms with E-state index in [1.807, 2.05) is 0 Å². The number of benzene rings is 1. The molecule has 0 radical (unpaired) electrons. The molecule has 1 aromatic carbocycles. The van der Waals surface area contributed by atoms with Crippen LogP contribution in [0.5, 0.6) is 0 Å². The molecule has 7 nitrogen and oxygen atoms in total. The number of primary amides is 1. The lowest BCUT2D eigenvalue weighted by molar-refractivity contribution is -0.122. The first-order valence-corrected chi connectivity index (χ1v) is 8.83. The molecule has 1 atom stereocenters. The van der Waals surface area contributed by atoms with Gasteiger partial charge in [0.15, 0.2) is 0 Å². The van der Waals surface area contributed by atoms with Gasteiger partial charge in [0.05, 0.1) is 17.7 Å². The number of carbonyl (C=O) groups excluding carboxylic acids is 2. The molecule has 2 amide bonds. The maximum atomic E-state index is 13.8. The van der Waals surface area contributed by atoms with Crippen molar-refractivity contribution in [2.24, 2.45) is 11.7 Å². The first-order valence-electron chi connectivity index (χ1n) is 6.98. The van der Waals surface area contributed by atoms with E-state index in [1.165, 1.54) is 29.2 Å². The minimum absolute atomic E-state index is 0.0306. The summed E-state index contributed by atoms with van der Waals surface area (Å²) in [7, 11) is -3.52. The van der Waals surface area contributed by atoms with Gasteiger partial charge in [-0.05, 0) is 12.1 Å². The van der Waals surface area contributed by atoms with Crippen molar-refractivity contribution in [3.05, 3.63) is 35.6 Å². The Morgan fingerprint density at radius 1 is 1.22 bits per heavy atom. The van der Waals surface area contributed by atoms with Gasteiger partial charge in [-0.3, -0.25) is 9.59 Å². The Labute approximate surface area is 133 Å². The van der Waals surface area contributed by atoms with Gasteiger partial charge in [0.1, 0.15) is 5.82 Å². The van der Waals surface area contributed by atoms with E-state index in [9.17, 15) is 22.4 Å². The molecule has 126 valence electrons. The van der Waals surface area contributed by atoms with Crippen molar-refractivity contribution in [3.63, 3.8) is 0 Å². The summed E-state index contributed by atoms with van der Waals surface area (Å²) < 4.78 is 38.3. The molecule has 1 saturated heterocycles. The molecule has 1 aromatic rings. The highest BCUT2D eigenvalue weighted by molar-refractivity contribution is 7.88. The van der Waals surface area contributed by atoms with Crippen LogP contribution in [0.1, 0.15) is 10.4 Å². The van der Waals surface area contributed by atoms with Crippen LogP contribution in [-0.4, -0.2) is 61.9 Å². The molecule has 0 bridgehead atoms. The van der Waals surface area contributed by atoms with Crippen molar-refractivity contribution in [2.75, 3.05) is 32.4 Å². The van der Waals surface area contributed by atoms with Crippen molar-refractivity contribution < 1.29 is 22.4 Å². The number of nitrogens with zero attached hydrogens (tertiary/aromatic N) is 2. The lowest BCUT2D eigenvalue weighted by Gasteiger charge is -2.22. The largest absolute Gasteiger partial charge is 0.369 e. The van der Waals surface area contributed by atoms with E-state index in [0.29, 0.717) is 0 Å². The highest BCUT2D eigenvalue weighted by atomic mass is 32.2. The van der Waals surface area contributed by atoms with E-state index >= 15 is 0 Å². The topological polar surface area (TPSA) is 101 Å². The molecule has 0 aliphatic carbocycles. The van der Waals surface area contributed by atoms with Gasteiger partial charge >= 0.3 is 0 Å². The first-order chi connectivity index (χ1) is 10.7. The smallest absolute Gasteiger partial charge is 0.256 e. The molecule has 1 heterocycles. The third kappa shape index (κ3) is 4.05. The summed E-state index contributed by atoms with van der Waals surface area (Å²) in [6.07, 6.45) is 1.03. The highest BCUT2D eigenvalue weighted by Crippen LogP contribution is 2.16. The van der Waals surface area contributed by atoms with Crippen LogP contribution in [0.2, 0.25) is 0 Å². The van der Waals surface area contributed by atoms with Crippen molar-refractivity contribution in [2.45, 2.75) is 0 Å². The summed E-state index contributed by atoms with van der Waals surface area (Å²) >= 11 is 0. The Kier molecular flexibility index (Phi) is 5.00. The van der Waals surface area contributed by atoms with Crippen LogP contribution in [0.15, 0.2) is 24.3 Å². The van der Waals surface area contributed by atoms with E-state index in [0.717, 1.165) is 10.6 Å². The van der Waals surface area contributed by atoms with Gasteiger partial charge in [-0.15, -0.1) is 0 Å². The summed E-state index contributed by atoms with van der Waals surface area (Å²) in [5.74, 6) is -2.81. The number of hydrogen-bond donors (Lipinski definition) is 1. The van der Waals surface area contributed by atoms with Crippen LogP contribution < -0.4 is 5.73 Å². The van der Waals surface area contributed by atoms with Gasteiger partial charge in [0.25, 0.3) is 5.91 Å². The molecular formula is C14H18FN3O4S. The first kappa shape index (κ1) is 17.4. The van der Waals surface area contributed by atoms with Crippen molar-refractivity contribution >= 4 is 21.8 Å². The molecule has 9 heteroatoms. The summed E-state index contributed by atoms with van der Waals surface area (Å²) in [6, 6.07) is 5.50. The zero-order chi connectivity index (χ0) is 17.2. The molecule has 2 N–H and O–H groups in total. The lowest BCUT2D eigenvalue weighted by Crippen LogP contribution is -2.41. The molecule has 2 rings (SSSR count). The average molecular weight is 343 g/mol. The monoisotopic (exact) mass is 343 g/mol. The second kappa shape index (κ2) is 6.63. The Hall–Kier alpha value is -2.00. The Morgan fingerprint density at radius 2 is 1.87 bits per heavy atom. The van der Waals surface area contributed by atoms with Crippen LogP contribution in [-0.2, 0) is 14.8 Å². The van der Waals surface area contributed by atoms with Crippen LogP contribution in [0.3, 0.4) is 0 Å².